The van der Waals surface area contributed by atoms with Gasteiger partial charge in [0, 0.05) is 13.0 Å². The minimum absolute atomic E-state index is 0.127. The molecule has 1 aliphatic carbocycles. The van der Waals surface area contributed by atoms with Gasteiger partial charge in [0.25, 0.3) is 0 Å². The van der Waals surface area contributed by atoms with Gasteiger partial charge in [0.05, 0.1) is 18.0 Å². The Bertz CT molecular complexity index is 1480. The Morgan fingerprint density at radius 1 is 0.884 bits per heavy atom. The summed E-state index contributed by atoms with van der Waals surface area (Å²) in [6.07, 6.45) is 2.04. The fraction of sp³-hybridized carbons (Fsp3) is 0.333. The van der Waals surface area contributed by atoms with Crippen molar-refractivity contribution >= 4 is 23.6 Å². The number of nitrogens with zero attached hydrogens (tertiary/aromatic N) is 1. The van der Waals surface area contributed by atoms with Crippen molar-refractivity contribution in [3.8, 4) is 5.75 Å². The number of carbonyl (C=O) groups is 4. The van der Waals surface area contributed by atoms with Crippen molar-refractivity contribution in [2.45, 2.75) is 56.3 Å². The van der Waals surface area contributed by atoms with Crippen LogP contribution in [0.15, 0.2) is 78.9 Å². The van der Waals surface area contributed by atoms with E-state index in [1.807, 2.05) is 54.6 Å². The number of phenolic OH excluding ortho intramolecular Hbond substituents is 1. The van der Waals surface area contributed by atoms with Gasteiger partial charge in [-0.15, -0.1) is 0 Å². The van der Waals surface area contributed by atoms with Crippen molar-refractivity contribution < 1.29 is 24.3 Å². The van der Waals surface area contributed by atoms with E-state index in [4.69, 9.17) is 11.5 Å². The SMILES string of the molecule is NC(=O)[C@H](Cc1ccccc1)NC(=O)[C@@H]1Cc2ccccc2[C@@H]1NC(=O)[C@@H]1CCCN1C(=O)[C@@H](N)Cc1ccc(O)cc1. The van der Waals surface area contributed by atoms with E-state index in [0.717, 1.165) is 22.3 Å². The predicted molar refractivity (Wildman–Crippen MR) is 160 cm³/mol. The van der Waals surface area contributed by atoms with Gasteiger partial charge in [-0.05, 0) is 60.1 Å². The van der Waals surface area contributed by atoms with E-state index in [2.05, 4.69) is 10.6 Å². The van der Waals surface area contributed by atoms with E-state index < -0.39 is 36.0 Å². The van der Waals surface area contributed by atoms with Crippen molar-refractivity contribution in [2.75, 3.05) is 6.54 Å². The van der Waals surface area contributed by atoms with Crippen LogP contribution in [0.25, 0.3) is 0 Å². The Morgan fingerprint density at radius 3 is 2.28 bits per heavy atom. The monoisotopic (exact) mass is 583 g/mol. The summed E-state index contributed by atoms with van der Waals surface area (Å²) in [5.41, 5.74) is 15.3. The standard InChI is InChI=1S/C33H37N5O5/c34-26(17-21-12-14-23(39)15-13-21)33(43)38-16-6-11-28(38)32(42)37-29-24-10-5-4-9-22(24)19-25(29)31(41)36-27(30(35)40)18-20-7-2-1-3-8-20/h1-5,7-10,12-15,25-29,39H,6,11,16-19,34H2,(H2,35,40)(H,36,41)(H,37,42)/t25-,26+,27+,28+,29+/m1/s1. The van der Waals surface area contributed by atoms with Crippen molar-refractivity contribution in [3.05, 3.63) is 101 Å². The molecule has 43 heavy (non-hydrogen) atoms. The van der Waals surface area contributed by atoms with Gasteiger partial charge in [-0.2, -0.15) is 0 Å². The maximum Gasteiger partial charge on any atom is 0.243 e. The van der Waals surface area contributed by atoms with Gasteiger partial charge < -0.3 is 32.1 Å². The molecule has 0 aromatic heterocycles. The third kappa shape index (κ3) is 6.86. The molecule has 5 rings (SSSR count). The minimum Gasteiger partial charge on any atom is -0.508 e. The molecule has 224 valence electrons. The first kappa shape index (κ1) is 29.8. The fourth-order valence-corrected chi connectivity index (χ4v) is 6.11. The van der Waals surface area contributed by atoms with Crippen molar-refractivity contribution in [1.82, 2.24) is 15.5 Å². The highest BCUT2D eigenvalue weighted by molar-refractivity contribution is 5.92. The van der Waals surface area contributed by atoms with Crippen LogP contribution in [0, 0.1) is 5.92 Å². The first-order valence-corrected chi connectivity index (χ1v) is 14.6. The number of rotatable bonds is 10. The van der Waals surface area contributed by atoms with Crippen LogP contribution in [-0.2, 0) is 38.4 Å². The summed E-state index contributed by atoms with van der Waals surface area (Å²) in [5.74, 6) is -2.23. The number of phenols is 1. The number of primary amides is 1. The highest BCUT2D eigenvalue weighted by Crippen LogP contribution is 2.37. The van der Waals surface area contributed by atoms with Gasteiger partial charge in [-0.25, -0.2) is 0 Å². The molecule has 10 nitrogen and oxygen atoms in total. The Morgan fingerprint density at radius 2 is 1.56 bits per heavy atom. The molecule has 1 aliphatic heterocycles. The van der Waals surface area contributed by atoms with Crippen LogP contribution in [0.4, 0.5) is 0 Å². The highest BCUT2D eigenvalue weighted by Gasteiger charge is 2.42. The van der Waals surface area contributed by atoms with Crippen LogP contribution in [-0.4, -0.2) is 58.3 Å². The molecule has 0 radical (unpaired) electrons. The lowest BCUT2D eigenvalue weighted by molar-refractivity contribution is -0.140. The summed E-state index contributed by atoms with van der Waals surface area (Å²) in [6.45, 7) is 0.408. The van der Waals surface area contributed by atoms with Crippen LogP contribution in [0.2, 0.25) is 0 Å². The van der Waals surface area contributed by atoms with Crippen LogP contribution < -0.4 is 22.1 Å². The van der Waals surface area contributed by atoms with Crippen LogP contribution in [0.1, 0.15) is 41.1 Å². The predicted octanol–water partition coefficient (Wildman–Crippen LogP) is 1.50. The molecule has 2 aliphatic rings. The molecule has 1 heterocycles. The molecule has 3 aromatic rings. The molecule has 10 heteroatoms. The van der Waals surface area contributed by atoms with Gasteiger partial charge in [0.1, 0.15) is 17.8 Å². The number of carbonyl (C=O) groups excluding carboxylic acids is 4. The average Bonchev–Trinajstić information content (AvgIpc) is 3.64. The number of nitrogens with one attached hydrogen (secondary N) is 2. The topological polar surface area (TPSA) is 168 Å². The van der Waals surface area contributed by atoms with Crippen LogP contribution in [0.5, 0.6) is 5.75 Å². The summed E-state index contributed by atoms with van der Waals surface area (Å²) in [4.78, 5) is 54.5. The quantitative estimate of drug-likeness (QED) is 0.242. The second-order valence-corrected chi connectivity index (χ2v) is 11.3. The summed E-state index contributed by atoms with van der Waals surface area (Å²) < 4.78 is 0. The molecular weight excluding hydrogens is 546 g/mol. The van der Waals surface area contributed by atoms with Gasteiger partial charge in [0.15, 0.2) is 0 Å². The van der Waals surface area contributed by atoms with E-state index in [9.17, 15) is 24.3 Å². The summed E-state index contributed by atoms with van der Waals surface area (Å²) in [6, 6.07) is 20.2. The summed E-state index contributed by atoms with van der Waals surface area (Å²) >= 11 is 0. The molecule has 0 unspecified atom stereocenters. The first-order valence-electron chi connectivity index (χ1n) is 14.6. The third-order valence-electron chi connectivity index (χ3n) is 8.36. The van der Waals surface area contributed by atoms with Crippen molar-refractivity contribution in [1.29, 1.82) is 0 Å². The molecule has 7 N–H and O–H groups in total. The number of hydrogen-bond donors (Lipinski definition) is 5. The highest BCUT2D eigenvalue weighted by atomic mass is 16.3. The minimum atomic E-state index is -0.909. The molecular formula is C33H37N5O5. The maximum atomic E-state index is 13.7. The smallest absolute Gasteiger partial charge is 0.243 e. The maximum absolute atomic E-state index is 13.7. The zero-order valence-electron chi connectivity index (χ0n) is 23.8. The number of hydrogen-bond acceptors (Lipinski definition) is 6. The second-order valence-electron chi connectivity index (χ2n) is 11.3. The number of fused-ring (bicyclic) bond motifs is 1. The molecule has 4 amide bonds. The Hall–Kier alpha value is -4.70. The van der Waals surface area contributed by atoms with E-state index in [-0.39, 0.29) is 36.3 Å². The molecule has 0 bridgehead atoms. The Kier molecular flexibility index (Phi) is 9.06. The number of aromatic hydroxyl groups is 1. The van der Waals surface area contributed by atoms with E-state index >= 15 is 0 Å². The lowest BCUT2D eigenvalue weighted by Gasteiger charge is -2.29. The number of likely N-dealkylation sites (tertiary alicyclic amines) is 1. The number of benzene rings is 3. The van der Waals surface area contributed by atoms with Gasteiger partial charge in [0.2, 0.25) is 23.6 Å². The van der Waals surface area contributed by atoms with Crippen molar-refractivity contribution in [3.63, 3.8) is 0 Å². The molecule has 1 fully saturated rings. The lowest BCUT2D eigenvalue weighted by atomic mass is 9.97. The van der Waals surface area contributed by atoms with Crippen LogP contribution in [0.3, 0.4) is 0 Å². The summed E-state index contributed by atoms with van der Waals surface area (Å²) in [5, 5.41) is 15.4. The van der Waals surface area contributed by atoms with Crippen molar-refractivity contribution in [2.24, 2.45) is 17.4 Å². The normalized spacial score (nSPS) is 20.6. The van der Waals surface area contributed by atoms with Gasteiger partial charge in [-0.1, -0.05) is 66.7 Å². The Labute approximate surface area is 250 Å². The van der Waals surface area contributed by atoms with E-state index in [1.54, 1.807) is 12.1 Å². The van der Waals surface area contributed by atoms with E-state index in [1.165, 1.54) is 17.0 Å². The summed E-state index contributed by atoms with van der Waals surface area (Å²) in [7, 11) is 0. The molecule has 5 atom stereocenters. The molecule has 3 aromatic carbocycles. The van der Waals surface area contributed by atoms with E-state index in [0.29, 0.717) is 25.8 Å². The second kappa shape index (κ2) is 13.1. The van der Waals surface area contributed by atoms with Gasteiger partial charge in [-0.3, -0.25) is 19.2 Å². The number of amides is 4. The number of nitrogens with two attached hydrogens (primary N) is 2. The zero-order chi connectivity index (χ0) is 30.5. The fourth-order valence-electron chi connectivity index (χ4n) is 6.11. The van der Waals surface area contributed by atoms with Crippen LogP contribution >= 0.6 is 0 Å². The molecule has 0 spiro atoms. The zero-order valence-corrected chi connectivity index (χ0v) is 23.8. The largest absolute Gasteiger partial charge is 0.508 e. The molecule has 1 saturated heterocycles. The first-order chi connectivity index (χ1) is 20.7. The Balaban J connectivity index is 1.29. The van der Waals surface area contributed by atoms with Gasteiger partial charge >= 0.3 is 0 Å². The molecule has 0 saturated carbocycles. The average molecular weight is 584 g/mol. The lowest BCUT2D eigenvalue weighted by Crippen LogP contribution is -2.53. The third-order valence-corrected chi connectivity index (χ3v) is 8.36.